The standard InChI is InChI=1S/C17H16BrNO2/c1-13-7-8-15(16(18)11-13)9-10-17(20)19-21-12-14-5-3-2-4-6-14/h2-11H,12H2,1H3,(H,19,20). The molecule has 0 unspecified atom stereocenters. The van der Waals surface area contributed by atoms with Gasteiger partial charge >= 0.3 is 0 Å². The molecule has 0 spiro atoms. The second-order valence-electron chi connectivity index (χ2n) is 4.60. The molecule has 1 amide bonds. The van der Waals surface area contributed by atoms with E-state index in [1.807, 2.05) is 55.5 Å². The highest BCUT2D eigenvalue weighted by molar-refractivity contribution is 9.10. The molecular formula is C17H16BrNO2. The van der Waals surface area contributed by atoms with Crippen LogP contribution in [0.3, 0.4) is 0 Å². The Kier molecular flexibility index (Phi) is 5.72. The van der Waals surface area contributed by atoms with Gasteiger partial charge in [-0.1, -0.05) is 58.4 Å². The largest absolute Gasteiger partial charge is 0.269 e. The summed E-state index contributed by atoms with van der Waals surface area (Å²) in [6, 6.07) is 15.6. The van der Waals surface area contributed by atoms with Crippen molar-refractivity contribution in [1.29, 1.82) is 0 Å². The number of carbonyl (C=O) groups excluding carboxylic acids is 1. The topological polar surface area (TPSA) is 38.3 Å². The van der Waals surface area contributed by atoms with E-state index in [0.29, 0.717) is 6.61 Å². The van der Waals surface area contributed by atoms with Crippen molar-refractivity contribution in [1.82, 2.24) is 5.48 Å². The molecule has 3 nitrogen and oxygen atoms in total. The van der Waals surface area contributed by atoms with E-state index >= 15 is 0 Å². The molecule has 4 heteroatoms. The fraction of sp³-hybridized carbons (Fsp3) is 0.118. The van der Waals surface area contributed by atoms with E-state index in [0.717, 1.165) is 21.2 Å². The summed E-state index contributed by atoms with van der Waals surface area (Å²) in [5.41, 5.74) is 5.50. The van der Waals surface area contributed by atoms with E-state index in [1.54, 1.807) is 6.08 Å². The first-order valence-electron chi connectivity index (χ1n) is 6.55. The highest BCUT2D eigenvalue weighted by Gasteiger charge is 1.99. The lowest BCUT2D eigenvalue weighted by Gasteiger charge is -2.04. The maximum absolute atomic E-state index is 11.6. The fourth-order valence-electron chi connectivity index (χ4n) is 1.73. The lowest BCUT2D eigenvalue weighted by atomic mass is 10.1. The Labute approximate surface area is 132 Å². The van der Waals surface area contributed by atoms with Crippen LogP contribution in [0.25, 0.3) is 6.08 Å². The minimum absolute atomic E-state index is 0.293. The number of nitrogens with one attached hydrogen (secondary N) is 1. The predicted molar refractivity (Wildman–Crippen MR) is 87.3 cm³/mol. The Balaban J connectivity index is 1.82. The number of hydrogen-bond donors (Lipinski definition) is 1. The number of hydroxylamine groups is 1. The number of carbonyl (C=O) groups is 1. The number of hydrogen-bond acceptors (Lipinski definition) is 2. The Bertz CT molecular complexity index is 638. The summed E-state index contributed by atoms with van der Waals surface area (Å²) in [5, 5.41) is 0. The zero-order chi connectivity index (χ0) is 15.1. The van der Waals surface area contributed by atoms with Gasteiger partial charge < -0.3 is 0 Å². The maximum atomic E-state index is 11.6. The number of aryl methyl sites for hydroxylation is 1. The molecular weight excluding hydrogens is 330 g/mol. The van der Waals surface area contributed by atoms with E-state index in [-0.39, 0.29) is 5.91 Å². The molecule has 0 aromatic heterocycles. The summed E-state index contributed by atoms with van der Waals surface area (Å²) < 4.78 is 0.955. The number of rotatable bonds is 5. The number of halogens is 1. The quantitative estimate of drug-likeness (QED) is 0.656. The Morgan fingerprint density at radius 2 is 2.00 bits per heavy atom. The molecule has 2 aromatic carbocycles. The van der Waals surface area contributed by atoms with Gasteiger partial charge in [-0.05, 0) is 35.8 Å². The van der Waals surface area contributed by atoms with Crippen molar-refractivity contribution in [2.45, 2.75) is 13.5 Å². The van der Waals surface area contributed by atoms with Gasteiger partial charge in [0.05, 0.1) is 6.61 Å². The van der Waals surface area contributed by atoms with Crippen molar-refractivity contribution in [2.75, 3.05) is 0 Å². The van der Waals surface area contributed by atoms with Crippen LogP contribution in [0.4, 0.5) is 0 Å². The van der Waals surface area contributed by atoms with E-state index in [1.165, 1.54) is 6.08 Å². The van der Waals surface area contributed by atoms with Crippen LogP contribution in [0, 0.1) is 6.92 Å². The van der Waals surface area contributed by atoms with Gasteiger partial charge in [0, 0.05) is 10.5 Å². The minimum Gasteiger partial charge on any atom is -0.269 e. The van der Waals surface area contributed by atoms with Gasteiger partial charge in [0.25, 0.3) is 5.91 Å². The first-order valence-corrected chi connectivity index (χ1v) is 7.34. The third kappa shape index (κ3) is 5.17. The van der Waals surface area contributed by atoms with Gasteiger partial charge in [0.2, 0.25) is 0 Å². The number of amides is 1. The van der Waals surface area contributed by atoms with Gasteiger partial charge in [-0.2, -0.15) is 0 Å². The van der Waals surface area contributed by atoms with Gasteiger partial charge in [-0.15, -0.1) is 0 Å². The molecule has 0 aliphatic heterocycles. The Hall–Kier alpha value is -1.91. The van der Waals surface area contributed by atoms with Crippen LogP contribution in [0.15, 0.2) is 59.1 Å². The molecule has 0 aliphatic rings. The minimum atomic E-state index is -0.293. The monoisotopic (exact) mass is 345 g/mol. The molecule has 2 aromatic rings. The van der Waals surface area contributed by atoms with E-state index in [4.69, 9.17) is 4.84 Å². The SMILES string of the molecule is Cc1ccc(C=CC(=O)NOCc2ccccc2)c(Br)c1. The van der Waals surface area contributed by atoms with Crippen molar-refractivity contribution < 1.29 is 9.63 Å². The normalized spacial score (nSPS) is 10.8. The molecule has 0 bridgehead atoms. The summed E-state index contributed by atoms with van der Waals surface area (Å²) in [4.78, 5) is 16.8. The molecule has 2 rings (SSSR count). The molecule has 108 valence electrons. The van der Waals surface area contributed by atoms with Crippen LogP contribution in [0.5, 0.6) is 0 Å². The average Bonchev–Trinajstić information content (AvgIpc) is 2.47. The predicted octanol–water partition coefficient (Wildman–Crippen LogP) is 4.02. The summed E-state index contributed by atoms with van der Waals surface area (Å²) >= 11 is 3.47. The molecule has 0 aliphatic carbocycles. The zero-order valence-electron chi connectivity index (χ0n) is 11.7. The van der Waals surface area contributed by atoms with Crippen LogP contribution < -0.4 is 5.48 Å². The molecule has 1 N–H and O–H groups in total. The second kappa shape index (κ2) is 7.76. The van der Waals surface area contributed by atoms with Crippen LogP contribution >= 0.6 is 15.9 Å². The molecule has 0 saturated heterocycles. The molecule has 21 heavy (non-hydrogen) atoms. The third-order valence-electron chi connectivity index (χ3n) is 2.82. The zero-order valence-corrected chi connectivity index (χ0v) is 13.3. The fourth-order valence-corrected chi connectivity index (χ4v) is 2.36. The van der Waals surface area contributed by atoms with Crippen molar-refractivity contribution in [3.8, 4) is 0 Å². The van der Waals surface area contributed by atoms with Crippen LogP contribution in [0.2, 0.25) is 0 Å². The average molecular weight is 346 g/mol. The lowest BCUT2D eigenvalue weighted by Crippen LogP contribution is -2.21. The van der Waals surface area contributed by atoms with Crippen LogP contribution in [-0.2, 0) is 16.2 Å². The second-order valence-corrected chi connectivity index (χ2v) is 5.45. The van der Waals surface area contributed by atoms with Crippen molar-refractivity contribution in [3.05, 3.63) is 75.8 Å². The Morgan fingerprint density at radius 3 is 2.71 bits per heavy atom. The molecule has 0 heterocycles. The van der Waals surface area contributed by atoms with Gasteiger partial charge in [-0.3, -0.25) is 9.63 Å². The van der Waals surface area contributed by atoms with Crippen molar-refractivity contribution in [2.24, 2.45) is 0 Å². The molecule has 0 atom stereocenters. The van der Waals surface area contributed by atoms with Crippen molar-refractivity contribution in [3.63, 3.8) is 0 Å². The summed E-state index contributed by atoms with van der Waals surface area (Å²) in [7, 11) is 0. The molecule has 0 fully saturated rings. The molecule has 0 saturated carbocycles. The number of benzene rings is 2. The first-order chi connectivity index (χ1) is 10.1. The smallest absolute Gasteiger partial charge is 0.267 e. The first kappa shape index (κ1) is 15.5. The maximum Gasteiger partial charge on any atom is 0.267 e. The van der Waals surface area contributed by atoms with Gasteiger partial charge in [-0.25, -0.2) is 5.48 Å². The van der Waals surface area contributed by atoms with E-state index in [9.17, 15) is 4.79 Å². The summed E-state index contributed by atoms with van der Waals surface area (Å²) in [6.07, 6.45) is 3.19. The molecule has 0 radical (unpaired) electrons. The van der Waals surface area contributed by atoms with Crippen LogP contribution in [-0.4, -0.2) is 5.91 Å². The van der Waals surface area contributed by atoms with Crippen LogP contribution in [0.1, 0.15) is 16.7 Å². The summed E-state index contributed by atoms with van der Waals surface area (Å²) in [6.45, 7) is 2.36. The highest BCUT2D eigenvalue weighted by Crippen LogP contribution is 2.19. The Morgan fingerprint density at radius 1 is 1.24 bits per heavy atom. The van der Waals surface area contributed by atoms with Crippen molar-refractivity contribution >= 4 is 27.9 Å². The highest BCUT2D eigenvalue weighted by atomic mass is 79.9. The van der Waals surface area contributed by atoms with Gasteiger partial charge in [0.1, 0.15) is 0 Å². The van der Waals surface area contributed by atoms with Gasteiger partial charge in [0.15, 0.2) is 0 Å². The van der Waals surface area contributed by atoms with E-state index in [2.05, 4.69) is 21.4 Å². The third-order valence-corrected chi connectivity index (χ3v) is 3.51. The summed E-state index contributed by atoms with van der Waals surface area (Å²) in [5.74, 6) is -0.293. The van der Waals surface area contributed by atoms with E-state index < -0.39 is 0 Å². The lowest BCUT2D eigenvalue weighted by molar-refractivity contribution is -0.129.